The molecule has 8 heteroatoms. The fourth-order valence-corrected chi connectivity index (χ4v) is 3.20. The van der Waals surface area contributed by atoms with Crippen LogP contribution >= 0.6 is 11.3 Å². The molecule has 0 unspecified atom stereocenters. The predicted octanol–water partition coefficient (Wildman–Crippen LogP) is 4.71. The lowest BCUT2D eigenvalue weighted by Gasteiger charge is -2.10. The monoisotopic (exact) mass is 349 g/mol. The Kier molecular flexibility index (Phi) is 4.81. The molecule has 0 aliphatic carbocycles. The Balaban J connectivity index is 2.15. The summed E-state index contributed by atoms with van der Waals surface area (Å²) >= 11 is 0.983. The number of benzene rings is 1. The highest BCUT2D eigenvalue weighted by atomic mass is 32.2. The van der Waals surface area contributed by atoms with Crippen LogP contribution in [0, 0.1) is 0 Å². The summed E-state index contributed by atoms with van der Waals surface area (Å²) in [6.45, 7) is -0.185. The first-order valence-electron chi connectivity index (χ1n) is 6.17. The van der Waals surface area contributed by atoms with Gasteiger partial charge in [0.05, 0.1) is 11.3 Å². The van der Waals surface area contributed by atoms with Gasteiger partial charge in [0, 0.05) is 39.3 Å². The second-order valence-electron chi connectivity index (χ2n) is 4.87. The van der Waals surface area contributed by atoms with Gasteiger partial charge in [0.25, 0.3) is 0 Å². The average molecular weight is 349 g/mol. The van der Waals surface area contributed by atoms with Gasteiger partial charge in [-0.2, -0.15) is 28.9 Å². The molecule has 1 aromatic carbocycles. The van der Waals surface area contributed by atoms with Crippen molar-refractivity contribution in [1.29, 1.82) is 0 Å². The van der Waals surface area contributed by atoms with Crippen molar-refractivity contribution in [2.75, 3.05) is 12.5 Å². The maximum Gasteiger partial charge on any atom is 0.417 e. The second kappa shape index (κ2) is 6.29. The van der Waals surface area contributed by atoms with E-state index in [1.165, 1.54) is 17.9 Å². The fourth-order valence-electron chi connectivity index (χ4n) is 1.73. The first kappa shape index (κ1) is 16.8. The number of ether oxygens (including phenoxy) is 1. The molecule has 0 spiro atoms. The molecular formula is C14H14F3NO2S2. The third-order valence-electron chi connectivity index (χ3n) is 2.58. The molecule has 0 atom stereocenters. The zero-order valence-electron chi connectivity index (χ0n) is 11.9. The molecule has 2 aromatic rings. The van der Waals surface area contributed by atoms with Crippen molar-refractivity contribution >= 4 is 26.8 Å². The standard InChI is InChI=1S/C14H14F3NO2S2/c1-22(2,19)18-11-4-3-5-12(6-11)20-7-10-8-21-9-13(10)14(15,16)17/h3-6,8-9H,7H2,1-2H3. The largest absolute Gasteiger partial charge is 0.489 e. The molecule has 1 aromatic heterocycles. The van der Waals surface area contributed by atoms with Crippen LogP contribution in [0.1, 0.15) is 11.1 Å². The van der Waals surface area contributed by atoms with Gasteiger partial charge in [0.2, 0.25) is 0 Å². The lowest BCUT2D eigenvalue weighted by molar-refractivity contribution is -0.138. The number of hydrogen-bond acceptors (Lipinski definition) is 4. The van der Waals surface area contributed by atoms with Crippen molar-refractivity contribution in [3.05, 3.63) is 46.2 Å². The number of nitrogens with zero attached hydrogens (tertiary/aromatic N) is 1. The molecule has 0 N–H and O–H groups in total. The first-order valence-corrected chi connectivity index (χ1v) is 9.45. The minimum absolute atomic E-state index is 0.0922. The Morgan fingerprint density at radius 3 is 2.64 bits per heavy atom. The van der Waals surface area contributed by atoms with E-state index in [9.17, 15) is 17.4 Å². The van der Waals surface area contributed by atoms with Crippen LogP contribution in [0.3, 0.4) is 0 Å². The van der Waals surface area contributed by atoms with Crippen LogP contribution in [-0.4, -0.2) is 16.7 Å². The Morgan fingerprint density at radius 1 is 1.27 bits per heavy atom. The van der Waals surface area contributed by atoms with Gasteiger partial charge in [-0.1, -0.05) is 6.07 Å². The van der Waals surface area contributed by atoms with Crippen molar-refractivity contribution in [1.82, 2.24) is 0 Å². The van der Waals surface area contributed by atoms with Crippen LogP contribution in [0.2, 0.25) is 0 Å². The molecule has 0 saturated heterocycles. The average Bonchev–Trinajstić information content (AvgIpc) is 2.83. The quantitative estimate of drug-likeness (QED) is 0.802. The van der Waals surface area contributed by atoms with Gasteiger partial charge in [-0.05, 0) is 17.5 Å². The number of rotatable bonds is 4. The van der Waals surface area contributed by atoms with Gasteiger partial charge < -0.3 is 4.74 Å². The van der Waals surface area contributed by atoms with E-state index in [0.29, 0.717) is 11.4 Å². The molecular weight excluding hydrogens is 335 g/mol. The van der Waals surface area contributed by atoms with E-state index in [1.54, 1.807) is 24.3 Å². The zero-order chi connectivity index (χ0) is 16.4. The smallest absolute Gasteiger partial charge is 0.417 e. The molecule has 0 amide bonds. The predicted molar refractivity (Wildman–Crippen MR) is 82.2 cm³/mol. The van der Waals surface area contributed by atoms with Crippen LogP contribution in [0.25, 0.3) is 0 Å². The molecule has 3 nitrogen and oxygen atoms in total. The van der Waals surface area contributed by atoms with E-state index in [-0.39, 0.29) is 12.2 Å². The first-order chi connectivity index (χ1) is 10.1. The third-order valence-corrected chi connectivity index (χ3v) is 4.03. The van der Waals surface area contributed by atoms with E-state index in [1.807, 2.05) is 0 Å². The van der Waals surface area contributed by atoms with E-state index < -0.39 is 21.5 Å². The van der Waals surface area contributed by atoms with Gasteiger partial charge in [0.1, 0.15) is 12.4 Å². The van der Waals surface area contributed by atoms with Crippen LogP contribution in [0.4, 0.5) is 18.9 Å². The Labute approximate surface area is 130 Å². The summed E-state index contributed by atoms with van der Waals surface area (Å²) in [5, 5.41) is 2.48. The Hall–Kier alpha value is -1.54. The van der Waals surface area contributed by atoms with Gasteiger partial charge in [-0.3, -0.25) is 0 Å². The maximum atomic E-state index is 12.8. The highest BCUT2D eigenvalue weighted by Gasteiger charge is 2.34. The minimum Gasteiger partial charge on any atom is -0.489 e. The van der Waals surface area contributed by atoms with Crippen LogP contribution in [0.15, 0.2) is 39.4 Å². The number of halogens is 3. The van der Waals surface area contributed by atoms with Crippen molar-refractivity contribution in [3.63, 3.8) is 0 Å². The third kappa shape index (κ3) is 4.74. The molecule has 0 aliphatic rings. The van der Waals surface area contributed by atoms with E-state index in [4.69, 9.17) is 4.74 Å². The Morgan fingerprint density at radius 2 is 2.00 bits per heavy atom. The van der Waals surface area contributed by atoms with Crippen molar-refractivity contribution < 1.29 is 22.1 Å². The molecule has 0 bridgehead atoms. The minimum atomic E-state index is -4.38. The lowest BCUT2D eigenvalue weighted by Crippen LogP contribution is -2.08. The Bertz CT molecular complexity index is 766. The number of thiophene rings is 1. The topological polar surface area (TPSA) is 38.7 Å². The van der Waals surface area contributed by atoms with Gasteiger partial charge >= 0.3 is 6.18 Å². The molecule has 22 heavy (non-hydrogen) atoms. The molecule has 120 valence electrons. The van der Waals surface area contributed by atoms with Crippen molar-refractivity contribution in [2.24, 2.45) is 4.36 Å². The normalized spacial score (nSPS) is 12.2. The highest BCUT2D eigenvalue weighted by molar-refractivity contribution is 7.92. The van der Waals surface area contributed by atoms with Crippen LogP contribution in [-0.2, 0) is 22.5 Å². The summed E-state index contributed by atoms with van der Waals surface area (Å²) in [6.07, 6.45) is -1.38. The molecule has 2 rings (SSSR count). The molecule has 0 radical (unpaired) electrons. The van der Waals surface area contributed by atoms with Crippen LogP contribution < -0.4 is 4.74 Å². The zero-order valence-corrected chi connectivity index (χ0v) is 13.5. The van der Waals surface area contributed by atoms with E-state index in [0.717, 1.165) is 16.7 Å². The van der Waals surface area contributed by atoms with Gasteiger partial charge in [-0.15, -0.1) is 0 Å². The lowest BCUT2D eigenvalue weighted by atomic mass is 10.2. The summed E-state index contributed by atoms with van der Waals surface area (Å²) in [5.41, 5.74) is -0.119. The van der Waals surface area contributed by atoms with Crippen molar-refractivity contribution in [2.45, 2.75) is 12.8 Å². The highest BCUT2D eigenvalue weighted by Crippen LogP contribution is 2.34. The molecule has 0 fully saturated rings. The molecule has 1 heterocycles. The number of alkyl halides is 3. The van der Waals surface area contributed by atoms with Gasteiger partial charge in [-0.25, -0.2) is 4.21 Å². The van der Waals surface area contributed by atoms with E-state index >= 15 is 0 Å². The number of hydrogen-bond donors (Lipinski definition) is 0. The van der Waals surface area contributed by atoms with E-state index in [2.05, 4.69) is 4.36 Å². The summed E-state index contributed by atoms with van der Waals surface area (Å²) in [6, 6.07) is 6.47. The second-order valence-corrected chi connectivity index (χ2v) is 8.16. The SMILES string of the molecule is CS(C)(=O)=Nc1cccc(OCc2cscc2C(F)(F)F)c1. The fraction of sp³-hybridized carbons (Fsp3) is 0.286. The van der Waals surface area contributed by atoms with Crippen molar-refractivity contribution in [3.8, 4) is 5.75 Å². The summed E-state index contributed by atoms with van der Waals surface area (Å²) in [5.74, 6) is 0.379. The van der Waals surface area contributed by atoms with Gasteiger partial charge in [0.15, 0.2) is 0 Å². The van der Waals surface area contributed by atoms with Crippen LogP contribution in [0.5, 0.6) is 5.75 Å². The summed E-state index contributed by atoms with van der Waals surface area (Å²) in [7, 11) is -2.31. The molecule has 0 aliphatic heterocycles. The summed E-state index contributed by atoms with van der Waals surface area (Å²) < 4.78 is 59.3. The maximum absolute atomic E-state index is 12.8. The summed E-state index contributed by atoms with van der Waals surface area (Å²) in [4.78, 5) is 0. The molecule has 0 saturated carbocycles.